The van der Waals surface area contributed by atoms with Crippen LogP contribution >= 0.6 is 11.8 Å². The molecule has 3 aromatic rings. The van der Waals surface area contributed by atoms with Gasteiger partial charge in [-0.2, -0.15) is 8.42 Å². The fraction of sp³-hybridized carbons (Fsp3) is 0.100. The molecule has 0 radical (unpaired) electrons. The van der Waals surface area contributed by atoms with Crippen molar-refractivity contribution < 1.29 is 25.4 Å². The van der Waals surface area contributed by atoms with Crippen molar-refractivity contribution in [2.75, 3.05) is 11.1 Å². The highest BCUT2D eigenvalue weighted by Crippen LogP contribution is 2.35. The molecule has 3 N–H and O–H groups in total. The van der Waals surface area contributed by atoms with Crippen molar-refractivity contribution in [3.63, 3.8) is 0 Å². The van der Waals surface area contributed by atoms with Gasteiger partial charge < -0.3 is 13.9 Å². The zero-order valence-electron chi connectivity index (χ0n) is 16.2. The van der Waals surface area contributed by atoms with Crippen LogP contribution in [0.1, 0.15) is 5.76 Å². The second-order valence-corrected chi connectivity index (χ2v) is 10.3. The Labute approximate surface area is 185 Å². The van der Waals surface area contributed by atoms with Crippen LogP contribution in [-0.2, 0) is 26.7 Å². The van der Waals surface area contributed by atoms with Crippen LogP contribution in [0.15, 0.2) is 92.6 Å². The molecule has 0 aliphatic carbocycles. The molecule has 0 atom stereocenters. The molecule has 0 saturated heterocycles. The number of benzene rings is 2. The van der Waals surface area contributed by atoms with Gasteiger partial charge in [-0.3, -0.25) is 0 Å². The summed E-state index contributed by atoms with van der Waals surface area (Å²) >= 11 is 1.16. The van der Waals surface area contributed by atoms with Gasteiger partial charge in [-0.15, -0.1) is 18.3 Å². The van der Waals surface area contributed by atoms with Gasteiger partial charge >= 0.3 is 10.1 Å². The molecular formula is C20H20N2O6S3. The van der Waals surface area contributed by atoms with Gasteiger partial charge in [0.2, 0.25) is 10.0 Å². The summed E-state index contributed by atoms with van der Waals surface area (Å²) in [6.45, 7) is 3.79. The fourth-order valence-corrected chi connectivity index (χ4v) is 5.65. The summed E-state index contributed by atoms with van der Waals surface area (Å²) in [7, 11) is -8.61. The maximum absolute atomic E-state index is 13.0. The lowest BCUT2D eigenvalue weighted by atomic mass is 10.3. The Balaban J connectivity index is 2.11. The van der Waals surface area contributed by atoms with Gasteiger partial charge in [0.15, 0.2) is 0 Å². The lowest BCUT2D eigenvalue weighted by molar-refractivity contribution is 0.485. The molecule has 11 heteroatoms. The Bertz CT molecular complexity index is 1260. The van der Waals surface area contributed by atoms with Gasteiger partial charge in [-0.25, -0.2) is 13.6 Å². The molecule has 1 aromatic heterocycles. The molecule has 0 spiro atoms. The minimum absolute atomic E-state index is 0.0850. The van der Waals surface area contributed by atoms with Crippen LogP contribution < -0.4 is 14.6 Å². The van der Waals surface area contributed by atoms with Crippen molar-refractivity contribution in [2.45, 2.75) is 21.2 Å². The van der Waals surface area contributed by atoms with Crippen molar-refractivity contribution in [1.29, 1.82) is 0 Å². The SMILES string of the molecule is C=CCSc1cc(NCc2ccco2)c(S(=O)(=O)Oc2ccccc2)cc1S(N)(=O)=O. The van der Waals surface area contributed by atoms with Crippen LogP contribution in [0, 0.1) is 0 Å². The summed E-state index contributed by atoms with van der Waals surface area (Å²) in [6, 6.07) is 13.7. The number of sulfonamides is 1. The van der Waals surface area contributed by atoms with Gasteiger partial charge in [0, 0.05) is 10.6 Å². The van der Waals surface area contributed by atoms with Crippen molar-refractivity contribution in [2.24, 2.45) is 5.14 Å². The van der Waals surface area contributed by atoms with Crippen molar-refractivity contribution in [1.82, 2.24) is 0 Å². The van der Waals surface area contributed by atoms with E-state index in [1.165, 1.54) is 24.5 Å². The van der Waals surface area contributed by atoms with E-state index in [0.717, 1.165) is 17.8 Å². The number of para-hydroxylation sites is 1. The summed E-state index contributed by atoms with van der Waals surface area (Å²) in [5, 5.41) is 8.33. The molecule has 3 rings (SSSR count). The van der Waals surface area contributed by atoms with Gasteiger partial charge in [-0.1, -0.05) is 24.3 Å². The predicted molar refractivity (Wildman–Crippen MR) is 119 cm³/mol. The molecular weight excluding hydrogens is 460 g/mol. The number of thioether (sulfide) groups is 1. The molecule has 0 bridgehead atoms. The number of hydrogen-bond donors (Lipinski definition) is 2. The van der Waals surface area contributed by atoms with Gasteiger partial charge in [0.25, 0.3) is 0 Å². The first kappa shape index (κ1) is 22.9. The molecule has 0 amide bonds. The molecule has 8 nitrogen and oxygen atoms in total. The van der Waals surface area contributed by atoms with Crippen LogP contribution in [0.5, 0.6) is 5.75 Å². The van der Waals surface area contributed by atoms with E-state index in [0.29, 0.717) is 11.5 Å². The van der Waals surface area contributed by atoms with E-state index in [1.54, 1.807) is 36.4 Å². The Morgan fingerprint density at radius 2 is 1.81 bits per heavy atom. The smallest absolute Gasteiger partial charge is 0.341 e. The largest absolute Gasteiger partial charge is 0.467 e. The van der Waals surface area contributed by atoms with Gasteiger partial charge in [-0.05, 0) is 36.4 Å². The van der Waals surface area contributed by atoms with E-state index in [4.69, 9.17) is 13.7 Å². The fourth-order valence-electron chi connectivity index (χ4n) is 2.61. The zero-order valence-corrected chi connectivity index (χ0v) is 18.7. The van der Waals surface area contributed by atoms with E-state index in [-0.39, 0.29) is 32.7 Å². The van der Waals surface area contributed by atoms with Crippen LogP contribution in [0.25, 0.3) is 0 Å². The highest BCUT2D eigenvalue weighted by molar-refractivity contribution is 8.00. The molecule has 1 heterocycles. The monoisotopic (exact) mass is 480 g/mol. The average molecular weight is 481 g/mol. The maximum atomic E-state index is 13.0. The Kier molecular flexibility index (Phi) is 7.11. The third-order valence-electron chi connectivity index (χ3n) is 3.96. The van der Waals surface area contributed by atoms with E-state index < -0.39 is 20.1 Å². The topological polar surface area (TPSA) is 129 Å². The van der Waals surface area contributed by atoms with Gasteiger partial charge in [0.05, 0.1) is 23.4 Å². The van der Waals surface area contributed by atoms with Crippen molar-refractivity contribution in [3.05, 3.63) is 79.3 Å². The third kappa shape index (κ3) is 5.91. The van der Waals surface area contributed by atoms with E-state index in [1.807, 2.05) is 0 Å². The summed E-state index contributed by atoms with van der Waals surface area (Å²) < 4.78 is 60.9. The number of nitrogens with one attached hydrogen (secondary N) is 1. The minimum atomic E-state index is -4.40. The molecule has 31 heavy (non-hydrogen) atoms. The van der Waals surface area contributed by atoms with Crippen LogP contribution in [0.4, 0.5) is 5.69 Å². The standard InChI is InChI=1S/C20H20N2O6S3/c1-2-11-29-18-12-17(22-14-16-9-6-10-27-16)19(13-20(18)30(21,23)24)31(25,26)28-15-7-4-3-5-8-15/h2-10,12-13,22H,1,11,14H2,(H2,21,23,24). The molecule has 0 fully saturated rings. The second-order valence-electron chi connectivity index (χ2n) is 6.22. The average Bonchev–Trinajstić information content (AvgIpc) is 3.23. The molecule has 0 saturated carbocycles. The van der Waals surface area contributed by atoms with Crippen LogP contribution in [0.2, 0.25) is 0 Å². The van der Waals surface area contributed by atoms with E-state index in [2.05, 4.69) is 11.9 Å². The van der Waals surface area contributed by atoms with Crippen LogP contribution in [0.3, 0.4) is 0 Å². The Hall–Kier alpha value is -2.73. The van der Waals surface area contributed by atoms with E-state index >= 15 is 0 Å². The quantitative estimate of drug-likeness (QED) is 0.256. The highest BCUT2D eigenvalue weighted by Gasteiger charge is 2.27. The summed E-state index contributed by atoms with van der Waals surface area (Å²) in [4.78, 5) is -0.406. The zero-order chi connectivity index (χ0) is 22.5. The summed E-state index contributed by atoms with van der Waals surface area (Å²) in [6.07, 6.45) is 3.08. The number of rotatable bonds is 10. The number of nitrogens with two attached hydrogens (primary N) is 1. The van der Waals surface area contributed by atoms with Crippen LogP contribution in [-0.4, -0.2) is 22.6 Å². The molecule has 2 aromatic carbocycles. The maximum Gasteiger partial charge on any atom is 0.341 e. The number of hydrogen-bond acceptors (Lipinski definition) is 8. The minimum Gasteiger partial charge on any atom is -0.467 e. The normalized spacial score (nSPS) is 11.8. The number of anilines is 1. The third-order valence-corrected chi connectivity index (χ3v) is 7.38. The second kappa shape index (κ2) is 9.60. The van der Waals surface area contributed by atoms with E-state index in [9.17, 15) is 16.8 Å². The molecule has 0 unspecified atom stereocenters. The van der Waals surface area contributed by atoms with Crippen molar-refractivity contribution in [3.8, 4) is 5.75 Å². The summed E-state index contributed by atoms with van der Waals surface area (Å²) in [5.41, 5.74) is 0.145. The highest BCUT2D eigenvalue weighted by atomic mass is 32.2. The first-order valence-corrected chi connectivity index (χ1v) is 12.8. The first-order valence-electron chi connectivity index (χ1n) is 8.91. The number of primary sulfonamides is 1. The summed E-state index contributed by atoms with van der Waals surface area (Å²) in [5.74, 6) is 1.04. The molecule has 164 valence electrons. The predicted octanol–water partition coefficient (Wildman–Crippen LogP) is 3.58. The van der Waals surface area contributed by atoms with Crippen molar-refractivity contribution >= 4 is 37.6 Å². The molecule has 0 aliphatic rings. The molecule has 0 aliphatic heterocycles. The lowest BCUT2D eigenvalue weighted by Crippen LogP contribution is -2.18. The Morgan fingerprint density at radius 3 is 2.42 bits per heavy atom. The van der Waals surface area contributed by atoms with Gasteiger partial charge in [0.1, 0.15) is 16.4 Å². The first-order chi connectivity index (χ1) is 14.7. The lowest BCUT2D eigenvalue weighted by Gasteiger charge is -2.16. The Morgan fingerprint density at radius 1 is 1.06 bits per heavy atom. The number of furan rings is 1.